The van der Waals surface area contributed by atoms with E-state index >= 15 is 0 Å². The fourth-order valence-corrected chi connectivity index (χ4v) is 3.40. The van der Waals surface area contributed by atoms with Gasteiger partial charge in [0.15, 0.2) is 5.11 Å². The molecule has 3 aromatic carbocycles. The number of ether oxygens (including phenoxy) is 1. The van der Waals surface area contributed by atoms with E-state index < -0.39 is 0 Å². The Morgan fingerprint density at radius 2 is 1.84 bits per heavy atom. The Hall–Kier alpha value is -3.68. The molecule has 0 saturated carbocycles. The van der Waals surface area contributed by atoms with Crippen molar-refractivity contribution in [2.24, 2.45) is 5.10 Å². The van der Waals surface area contributed by atoms with E-state index in [-0.39, 0.29) is 0 Å². The third-order valence-electron chi connectivity index (χ3n) is 4.58. The second-order valence-corrected chi connectivity index (χ2v) is 7.62. The van der Waals surface area contributed by atoms with Crippen LogP contribution in [0.25, 0.3) is 16.9 Å². The number of nitrogens with one attached hydrogen (secondary N) is 2. The summed E-state index contributed by atoms with van der Waals surface area (Å²) < 4.78 is 7.04. The maximum Gasteiger partial charge on any atom is 0.191 e. The molecule has 2 N–H and O–H groups in total. The van der Waals surface area contributed by atoms with E-state index in [1.165, 1.54) is 0 Å². The van der Waals surface area contributed by atoms with Crippen LogP contribution in [0, 0.1) is 0 Å². The van der Waals surface area contributed by atoms with Gasteiger partial charge < -0.3 is 10.1 Å². The molecule has 0 aliphatic carbocycles. The van der Waals surface area contributed by atoms with Gasteiger partial charge in [0.25, 0.3) is 0 Å². The monoisotopic (exact) mass is 461 g/mol. The number of hydrogen-bond donors (Lipinski definition) is 2. The van der Waals surface area contributed by atoms with Crippen molar-refractivity contribution in [2.45, 2.75) is 0 Å². The highest BCUT2D eigenvalue weighted by atomic mass is 35.5. The molecule has 6 nitrogen and oxygen atoms in total. The smallest absolute Gasteiger partial charge is 0.191 e. The third-order valence-corrected chi connectivity index (χ3v) is 5.01. The molecule has 0 saturated heterocycles. The maximum atomic E-state index is 6.16. The van der Waals surface area contributed by atoms with Crippen molar-refractivity contribution in [1.29, 1.82) is 0 Å². The van der Waals surface area contributed by atoms with Gasteiger partial charge in [-0.1, -0.05) is 35.9 Å². The highest BCUT2D eigenvalue weighted by Gasteiger charge is 2.12. The normalized spacial score (nSPS) is 10.8. The summed E-state index contributed by atoms with van der Waals surface area (Å²) in [5.41, 5.74) is 7.08. The van der Waals surface area contributed by atoms with Crippen molar-refractivity contribution >= 4 is 40.8 Å². The van der Waals surface area contributed by atoms with Crippen LogP contribution in [0.3, 0.4) is 0 Å². The number of hydrazone groups is 1. The number of aromatic nitrogens is 2. The van der Waals surface area contributed by atoms with Crippen molar-refractivity contribution in [3.63, 3.8) is 0 Å². The first-order chi connectivity index (χ1) is 15.6. The molecule has 0 unspecified atom stereocenters. The zero-order valence-electron chi connectivity index (χ0n) is 17.2. The first-order valence-electron chi connectivity index (χ1n) is 9.77. The summed E-state index contributed by atoms with van der Waals surface area (Å²) in [5, 5.41) is 13.2. The molecular weight excluding hydrogens is 442 g/mol. The lowest BCUT2D eigenvalue weighted by atomic mass is 10.1. The van der Waals surface area contributed by atoms with E-state index in [1.54, 1.807) is 18.0 Å². The molecule has 0 aliphatic rings. The van der Waals surface area contributed by atoms with Gasteiger partial charge in [-0.05, 0) is 66.8 Å². The van der Waals surface area contributed by atoms with Crippen LogP contribution in [0.5, 0.6) is 5.75 Å². The number of nitrogens with zero attached hydrogens (tertiary/aromatic N) is 3. The van der Waals surface area contributed by atoms with Gasteiger partial charge in [0.05, 0.1) is 19.0 Å². The molecule has 8 heteroatoms. The number of hydrogen-bond acceptors (Lipinski definition) is 4. The second kappa shape index (κ2) is 10.1. The molecular formula is C24H20ClN5OS. The second-order valence-electron chi connectivity index (χ2n) is 6.78. The van der Waals surface area contributed by atoms with E-state index in [9.17, 15) is 0 Å². The summed E-state index contributed by atoms with van der Waals surface area (Å²) in [4.78, 5) is 0. The van der Waals surface area contributed by atoms with Gasteiger partial charge in [0.2, 0.25) is 0 Å². The predicted molar refractivity (Wildman–Crippen MR) is 134 cm³/mol. The van der Waals surface area contributed by atoms with Crippen molar-refractivity contribution in [3.05, 3.63) is 95.6 Å². The minimum Gasteiger partial charge on any atom is -0.497 e. The summed E-state index contributed by atoms with van der Waals surface area (Å²) in [5.74, 6) is 0.775. The Bertz CT molecular complexity index is 1240. The van der Waals surface area contributed by atoms with Gasteiger partial charge >= 0.3 is 0 Å². The predicted octanol–water partition coefficient (Wildman–Crippen LogP) is 5.52. The van der Waals surface area contributed by atoms with E-state index in [0.29, 0.717) is 10.1 Å². The maximum absolute atomic E-state index is 6.16. The molecule has 0 aliphatic heterocycles. The summed E-state index contributed by atoms with van der Waals surface area (Å²) in [6, 6.07) is 24.9. The number of halogens is 1. The molecule has 0 bridgehead atoms. The Balaban J connectivity index is 1.60. The van der Waals surface area contributed by atoms with Gasteiger partial charge in [-0.25, -0.2) is 4.68 Å². The summed E-state index contributed by atoms with van der Waals surface area (Å²) in [7, 11) is 1.64. The lowest BCUT2D eigenvalue weighted by Crippen LogP contribution is -2.23. The number of thiocarbonyl (C=S) groups is 1. The topological polar surface area (TPSA) is 63.5 Å². The minimum absolute atomic E-state index is 0.390. The van der Waals surface area contributed by atoms with Crippen LogP contribution in [-0.4, -0.2) is 28.2 Å². The summed E-state index contributed by atoms with van der Waals surface area (Å²) in [6.45, 7) is 0. The molecule has 0 fully saturated rings. The van der Waals surface area contributed by atoms with Crippen molar-refractivity contribution in [2.75, 3.05) is 12.4 Å². The molecule has 32 heavy (non-hydrogen) atoms. The van der Waals surface area contributed by atoms with Gasteiger partial charge in [0.1, 0.15) is 11.4 Å². The van der Waals surface area contributed by atoms with Crippen molar-refractivity contribution in [1.82, 2.24) is 15.2 Å². The molecule has 4 rings (SSSR count). The Kier molecular flexibility index (Phi) is 6.79. The van der Waals surface area contributed by atoms with Crippen molar-refractivity contribution in [3.8, 4) is 22.7 Å². The molecule has 160 valence electrons. The summed E-state index contributed by atoms with van der Waals surface area (Å²) in [6.07, 6.45) is 3.58. The molecule has 0 radical (unpaired) electrons. The minimum atomic E-state index is 0.390. The lowest BCUT2D eigenvalue weighted by molar-refractivity contribution is 0.415. The van der Waals surface area contributed by atoms with Gasteiger partial charge in [0, 0.05) is 28.0 Å². The van der Waals surface area contributed by atoms with Crippen molar-refractivity contribution < 1.29 is 4.74 Å². The van der Waals surface area contributed by atoms with Crippen LogP contribution >= 0.6 is 23.8 Å². The summed E-state index contributed by atoms with van der Waals surface area (Å²) >= 11 is 11.5. The fourth-order valence-electron chi connectivity index (χ4n) is 3.05. The quantitative estimate of drug-likeness (QED) is 0.225. The number of rotatable bonds is 6. The fraction of sp³-hybridized carbons (Fsp3) is 0.0417. The SMILES string of the molecule is COc1ccc(-c2nn(-c3cccc(Cl)c3)cc2/C=N/NC(=S)Nc2ccccc2)cc1. The number of anilines is 1. The van der Waals surface area contributed by atoms with Crippen LogP contribution < -0.4 is 15.5 Å². The molecule has 0 spiro atoms. The Morgan fingerprint density at radius 1 is 1.06 bits per heavy atom. The van der Waals surface area contributed by atoms with Crippen LogP contribution in [-0.2, 0) is 0 Å². The molecule has 1 aromatic heterocycles. The largest absolute Gasteiger partial charge is 0.497 e. The van der Waals surface area contributed by atoms with Crippen LogP contribution in [0.4, 0.5) is 5.69 Å². The standard InChI is InChI=1S/C24H20ClN5OS/c1-31-22-12-10-17(11-13-22)23-18(16-30(29-23)21-9-5-6-19(25)14-21)15-26-28-24(32)27-20-7-3-2-4-8-20/h2-16H,1H3,(H2,27,28,32)/b26-15+. The average Bonchev–Trinajstić information content (AvgIpc) is 3.24. The highest BCUT2D eigenvalue weighted by Crippen LogP contribution is 2.25. The van der Waals surface area contributed by atoms with Gasteiger partial charge in [-0.2, -0.15) is 10.2 Å². The third kappa shape index (κ3) is 5.32. The first-order valence-corrected chi connectivity index (χ1v) is 10.6. The number of methoxy groups -OCH3 is 1. The van der Waals surface area contributed by atoms with E-state index in [1.807, 2.05) is 85.1 Å². The highest BCUT2D eigenvalue weighted by molar-refractivity contribution is 7.80. The van der Waals surface area contributed by atoms with Gasteiger partial charge in [-0.3, -0.25) is 5.43 Å². The number of para-hydroxylation sites is 1. The van der Waals surface area contributed by atoms with Crippen LogP contribution in [0.15, 0.2) is 90.2 Å². The first kappa shape index (κ1) is 21.5. The average molecular weight is 462 g/mol. The number of benzene rings is 3. The van der Waals surface area contributed by atoms with E-state index in [2.05, 4.69) is 15.8 Å². The molecule has 1 heterocycles. The molecule has 4 aromatic rings. The Morgan fingerprint density at radius 3 is 2.56 bits per heavy atom. The Labute approximate surface area is 196 Å². The molecule has 0 amide bonds. The van der Waals surface area contributed by atoms with E-state index in [4.69, 9.17) is 33.7 Å². The van der Waals surface area contributed by atoms with E-state index in [0.717, 1.165) is 33.9 Å². The van der Waals surface area contributed by atoms with Crippen LogP contribution in [0.2, 0.25) is 5.02 Å². The van der Waals surface area contributed by atoms with Crippen LogP contribution in [0.1, 0.15) is 5.56 Å². The van der Waals surface area contributed by atoms with Gasteiger partial charge in [-0.15, -0.1) is 0 Å². The molecule has 0 atom stereocenters. The lowest BCUT2D eigenvalue weighted by Gasteiger charge is -2.06. The zero-order chi connectivity index (χ0) is 22.3. The zero-order valence-corrected chi connectivity index (χ0v) is 18.8.